The van der Waals surface area contributed by atoms with Gasteiger partial charge in [0.25, 0.3) is 0 Å². The van der Waals surface area contributed by atoms with Crippen LogP contribution in [0.15, 0.2) is 28.9 Å². The van der Waals surface area contributed by atoms with Crippen molar-refractivity contribution in [1.82, 2.24) is 9.78 Å². The maximum atomic E-state index is 11.1. The second kappa shape index (κ2) is 5.73. The molecule has 19 heavy (non-hydrogen) atoms. The summed E-state index contributed by atoms with van der Waals surface area (Å²) in [4.78, 5) is 11.1. The number of hydrogen-bond acceptors (Lipinski definition) is 3. The van der Waals surface area contributed by atoms with E-state index in [0.717, 1.165) is 0 Å². The van der Waals surface area contributed by atoms with E-state index in [1.54, 1.807) is 24.4 Å². The number of aromatic carboxylic acids is 1. The van der Waals surface area contributed by atoms with Crippen LogP contribution in [0, 0.1) is 0 Å². The molecule has 2 aromatic rings. The van der Waals surface area contributed by atoms with Crippen LogP contribution in [0.5, 0.6) is 0 Å². The molecule has 7 heteroatoms. The molecule has 0 atom stereocenters. The van der Waals surface area contributed by atoms with Crippen LogP contribution >= 0.6 is 27.5 Å². The van der Waals surface area contributed by atoms with Crippen LogP contribution in [0.1, 0.15) is 16.1 Å². The summed E-state index contributed by atoms with van der Waals surface area (Å²) in [5, 5.41) is 22.6. The van der Waals surface area contributed by atoms with Gasteiger partial charge >= 0.3 is 5.97 Å². The zero-order valence-electron chi connectivity index (χ0n) is 9.68. The topological polar surface area (TPSA) is 75.3 Å². The van der Waals surface area contributed by atoms with Gasteiger partial charge in [0.1, 0.15) is 0 Å². The monoisotopic (exact) mass is 344 g/mol. The van der Waals surface area contributed by atoms with Crippen molar-refractivity contribution in [2.24, 2.45) is 0 Å². The number of benzene rings is 1. The van der Waals surface area contributed by atoms with Crippen molar-refractivity contribution in [1.29, 1.82) is 0 Å². The number of nitrogens with zero attached hydrogens (tertiary/aromatic N) is 2. The fourth-order valence-corrected chi connectivity index (χ4v) is 2.14. The largest absolute Gasteiger partial charge is 0.476 e. The summed E-state index contributed by atoms with van der Waals surface area (Å²) in [6.45, 7) is -0.129. The second-order valence-corrected chi connectivity index (χ2v) is 5.09. The average Bonchev–Trinajstić information content (AvgIpc) is 2.77. The lowest BCUT2D eigenvalue weighted by molar-refractivity contribution is 0.0688. The molecule has 0 unspecified atom stereocenters. The van der Waals surface area contributed by atoms with Crippen molar-refractivity contribution < 1.29 is 15.0 Å². The fraction of sp³-hybridized carbons (Fsp3) is 0.167. The lowest BCUT2D eigenvalue weighted by Gasteiger charge is -2.02. The Balaban J connectivity index is 2.47. The molecule has 0 spiro atoms. The third kappa shape index (κ3) is 2.97. The van der Waals surface area contributed by atoms with Crippen LogP contribution in [0.2, 0.25) is 5.02 Å². The first-order valence-electron chi connectivity index (χ1n) is 5.41. The summed E-state index contributed by atoms with van der Waals surface area (Å²) in [6, 6.07) is 5.16. The second-order valence-electron chi connectivity index (χ2n) is 3.82. The summed E-state index contributed by atoms with van der Waals surface area (Å²) < 4.78 is 2.15. The molecular formula is C12H10BrClN2O3. The van der Waals surface area contributed by atoms with E-state index in [2.05, 4.69) is 21.0 Å². The van der Waals surface area contributed by atoms with Gasteiger partial charge in [-0.1, -0.05) is 11.6 Å². The summed E-state index contributed by atoms with van der Waals surface area (Å²) >= 11 is 9.20. The summed E-state index contributed by atoms with van der Waals surface area (Å²) in [6.07, 6.45) is 1.84. The van der Waals surface area contributed by atoms with Crippen LogP contribution in [0.3, 0.4) is 0 Å². The number of halogens is 2. The first-order valence-corrected chi connectivity index (χ1v) is 6.58. The molecule has 100 valence electrons. The first-order chi connectivity index (χ1) is 9.02. The van der Waals surface area contributed by atoms with Gasteiger partial charge in [-0.3, -0.25) is 0 Å². The smallest absolute Gasteiger partial charge is 0.356 e. The molecule has 1 heterocycles. The van der Waals surface area contributed by atoms with Crippen molar-refractivity contribution in [3.63, 3.8) is 0 Å². The maximum absolute atomic E-state index is 11.1. The molecule has 0 amide bonds. The SMILES string of the molecule is O=C(O)c1nn(-c2ccc(Cl)c(Br)c2)cc1CCO. The quantitative estimate of drug-likeness (QED) is 0.893. The molecule has 0 aliphatic carbocycles. The third-order valence-electron chi connectivity index (χ3n) is 2.54. The van der Waals surface area contributed by atoms with E-state index in [1.807, 2.05) is 0 Å². The average molecular weight is 346 g/mol. The van der Waals surface area contributed by atoms with Gasteiger partial charge in [-0.2, -0.15) is 5.10 Å². The highest BCUT2D eigenvalue weighted by molar-refractivity contribution is 9.10. The highest BCUT2D eigenvalue weighted by Gasteiger charge is 2.16. The Morgan fingerprint density at radius 3 is 2.79 bits per heavy atom. The number of carboxylic acid groups (broad SMARTS) is 1. The zero-order valence-corrected chi connectivity index (χ0v) is 12.0. The Hall–Kier alpha value is -1.37. The van der Waals surface area contributed by atoms with Gasteiger partial charge in [0, 0.05) is 22.8 Å². The van der Waals surface area contributed by atoms with Crippen LogP contribution < -0.4 is 0 Å². The number of rotatable bonds is 4. The van der Waals surface area contributed by atoms with Crippen molar-refractivity contribution in [2.75, 3.05) is 6.61 Å². The van der Waals surface area contributed by atoms with Gasteiger partial charge in [-0.05, 0) is 40.5 Å². The lowest BCUT2D eigenvalue weighted by atomic mass is 10.2. The van der Waals surface area contributed by atoms with Gasteiger partial charge in [-0.15, -0.1) is 0 Å². The predicted molar refractivity (Wildman–Crippen MR) is 74.0 cm³/mol. The molecule has 0 aliphatic rings. The van der Waals surface area contributed by atoms with Crippen LogP contribution in [-0.4, -0.2) is 32.6 Å². The molecule has 1 aromatic heterocycles. The first kappa shape index (κ1) is 14.0. The Bertz CT molecular complexity index is 627. The van der Waals surface area contributed by atoms with Gasteiger partial charge in [0.2, 0.25) is 0 Å². The van der Waals surface area contributed by atoms with Crippen molar-refractivity contribution in [2.45, 2.75) is 6.42 Å². The Morgan fingerprint density at radius 2 is 2.21 bits per heavy atom. The normalized spacial score (nSPS) is 10.7. The van der Waals surface area contributed by atoms with Crippen molar-refractivity contribution in [3.05, 3.63) is 45.1 Å². The Labute approximate surface area is 122 Å². The van der Waals surface area contributed by atoms with E-state index >= 15 is 0 Å². The standard InChI is InChI=1S/C12H10BrClN2O3/c13-9-5-8(1-2-10(9)14)16-6-7(3-4-17)11(15-16)12(18)19/h1-2,5-6,17H,3-4H2,(H,18,19). The zero-order chi connectivity index (χ0) is 14.0. The van der Waals surface area contributed by atoms with E-state index in [1.165, 1.54) is 4.68 Å². The molecule has 0 bridgehead atoms. The molecule has 1 aromatic carbocycles. The summed E-state index contributed by atoms with van der Waals surface area (Å²) in [5.41, 5.74) is 1.11. The summed E-state index contributed by atoms with van der Waals surface area (Å²) in [5.74, 6) is -1.12. The third-order valence-corrected chi connectivity index (χ3v) is 3.76. The molecule has 0 aliphatic heterocycles. The van der Waals surface area contributed by atoms with Gasteiger partial charge in [-0.25, -0.2) is 9.48 Å². The molecule has 0 radical (unpaired) electrons. The van der Waals surface area contributed by atoms with Gasteiger partial charge < -0.3 is 10.2 Å². The van der Waals surface area contributed by atoms with Gasteiger partial charge in [0.05, 0.1) is 10.7 Å². The highest BCUT2D eigenvalue weighted by Crippen LogP contribution is 2.25. The molecule has 5 nitrogen and oxygen atoms in total. The van der Waals surface area contributed by atoms with E-state index in [9.17, 15) is 4.79 Å². The minimum absolute atomic E-state index is 0.0554. The molecular weight excluding hydrogens is 336 g/mol. The number of aliphatic hydroxyl groups excluding tert-OH is 1. The summed E-state index contributed by atoms with van der Waals surface area (Å²) in [7, 11) is 0. The van der Waals surface area contributed by atoms with Crippen molar-refractivity contribution in [3.8, 4) is 5.69 Å². The van der Waals surface area contributed by atoms with Crippen molar-refractivity contribution >= 4 is 33.5 Å². The molecule has 2 rings (SSSR count). The number of aromatic nitrogens is 2. The van der Waals surface area contributed by atoms with E-state index in [0.29, 0.717) is 20.7 Å². The number of hydrogen-bond donors (Lipinski definition) is 2. The minimum atomic E-state index is -1.12. The lowest BCUT2D eigenvalue weighted by Crippen LogP contribution is -2.03. The van der Waals surface area contributed by atoms with Crippen LogP contribution in [0.4, 0.5) is 0 Å². The number of carbonyl (C=O) groups is 1. The maximum Gasteiger partial charge on any atom is 0.356 e. The molecule has 0 saturated carbocycles. The number of aliphatic hydroxyl groups is 1. The molecule has 0 fully saturated rings. The Kier molecular flexibility index (Phi) is 4.24. The van der Waals surface area contributed by atoms with E-state index < -0.39 is 5.97 Å². The predicted octanol–water partition coefficient (Wildman–Crippen LogP) is 2.52. The Morgan fingerprint density at radius 1 is 1.47 bits per heavy atom. The minimum Gasteiger partial charge on any atom is -0.476 e. The fourth-order valence-electron chi connectivity index (χ4n) is 1.65. The van der Waals surface area contributed by atoms with E-state index in [-0.39, 0.29) is 18.7 Å². The van der Waals surface area contributed by atoms with Crippen LogP contribution in [-0.2, 0) is 6.42 Å². The van der Waals surface area contributed by atoms with Crippen LogP contribution in [0.25, 0.3) is 5.69 Å². The molecule has 0 saturated heterocycles. The number of carboxylic acids is 1. The van der Waals surface area contributed by atoms with Gasteiger partial charge in [0.15, 0.2) is 5.69 Å². The highest BCUT2D eigenvalue weighted by atomic mass is 79.9. The molecule has 2 N–H and O–H groups in total. The van der Waals surface area contributed by atoms with E-state index in [4.69, 9.17) is 21.8 Å².